The van der Waals surface area contributed by atoms with Crippen LogP contribution in [-0.2, 0) is 6.54 Å². The molecule has 3 aromatic rings. The molecule has 2 aromatic carbocycles. The molecule has 0 atom stereocenters. The summed E-state index contributed by atoms with van der Waals surface area (Å²) in [6.07, 6.45) is 0. The Labute approximate surface area is 161 Å². The first-order chi connectivity index (χ1) is 12.5. The van der Waals surface area contributed by atoms with Crippen molar-refractivity contribution < 1.29 is 9.53 Å². The van der Waals surface area contributed by atoms with Crippen molar-refractivity contribution in [3.8, 4) is 5.75 Å². The molecule has 5 nitrogen and oxygen atoms in total. The number of nitrogens with one attached hydrogen (secondary N) is 1. The van der Waals surface area contributed by atoms with Crippen LogP contribution in [0.15, 0.2) is 53.0 Å². The molecule has 0 saturated heterocycles. The zero-order valence-electron chi connectivity index (χ0n) is 14.9. The number of amides is 1. The van der Waals surface area contributed by atoms with E-state index in [2.05, 4.69) is 26.3 Å². The topological polar surface area (TPSA) is 56.1 Å². The molecule has 1 aromatic heterocycles. The van der Waals surface area contributed by atoms with Gasteiger partial charge in [0, 0.05) is 11.3 Å². The van der Waals surface area contributed by atoms with Gasteiger partial charge in [-0.2, -0.15) is 5.10 Å². The molecule has 134 valence electrons. The molecule has 0 fully saturated rings. The van der Waals surface area contributed by atoms with E-state index >= 15 is 0 Å². The fraction of sp³-hybridized carbons (Fsp3) is 0.200. The van der Waals surface area contributed by atoms with Gasteiger partial charge in [-0.25, -0.2) is 0 Å². The summed E-state index contributed by atoms with van der Waals surface area (Å²) < 4.78 is 8.08. The van der Waals surface area contributed by atoms with Crippen molar-refractivity contribution in [2.45, 2.75) is 20.4 Å². The average molecular weight is 414 g/mol. The molecule has 0 bridgehead atoms. The number of methoxy groups -OCH3 is 1. The lowest BCUT2D eigenvalue weighted by Gasteiger charge is -2.09. The predicted octanol–water partition coefficient (Wildman–Crippen LogP) is 4.57. The summed E-state index contributed by atoms with van der Waals surface area (Å²) >= 11 is 3.54. The van der Waals surface area contributed by atoms with E-state index in [0.29, 0.717) is 12.1 Å². The van der Waals surface area contributed by atoms with Crippen molar-refractivity contribution in [2.75, 3.05) is 12.4 Å². The first-order valence-corrected chi connectivity index (χ1v) is 9.01. The fourth-order valence-electron chi connectivity index (χ4n) is 2.69. The number of nitrogens with zero attached hydrogens (tertiary/aromatic N) is 2. The van der Waals surface area contributed by atoms with Gasteiger partial charge in [-0.05, 0) is 71.7 Å². The number of hydrogen-bond acceptors (Lipinski definition) is 3. The van der Waals surface area contributed by atoms with Gasteiger partial charge < -0.3 is 10.1 Å². The van der Waals surface area contributed by atoms with E-state index in [9.17, 15) is 4.79 Å². The van der Waals surface area contributed by atoms with Gasteiger partial charge in [-0.3, -0.25) is 9.48 Å². The molecule has 0 aliphatic rings. The van der Waals surface area contributed by atoms with Gasteiger partial charge in [0.2, 0.25) is 0 Å². The lowest BCUT2D eigenvalue weighted by molar-refractivity contribution is 0.102. The lowest BCUT2D eigenvalue weighted by Crippen LogP contribution is -2.12. The van der Waals surface area contributed by atoms with Crippen LogP contribution >= 0.6 is 15.9 Å². The lowest BCUT2D eigenvalue weighted by atomic mass is 10.1. The Morgan fingerprint density at radius 2 is 1.92 bits per heavy atom. The fourth-order valence-corrected chi connectivity index (χ4v) is 2.97. The van der Waals surface area contributed by atoms with E-state index in [0.717, 1.165) is 32.9 Å². The van der Waals surface area contributed by atoms with Crippen LogP contribution in [0.5, 0.6) is 5.75 Å². The molecule has 26 heavy (non-hydrogen) atoms. The number of carbonyl (C=O) groups excluding carboxylic acids is 1. The molecule has 0 aliphatic carbocycles. The zero-order chi connectivity index (χ0) is 18.7. The summed E-state index contributed by atoms with van der Waals surface area (Å²) in [6.45, 7) is 4.60. The highest BCUT2D eigenvalue weighted by Crippen LogP contribution is 2.21. The smallest absolute Gasteiger partial charge is 0.255 e. The number of benzene rings is 2. The van der Waals surface area contributed by atoms with Gasteiger partial charge in [0.15, 0.2) is 0 Å². The highest BCUT2D eigenvalue weighted by molar-refractivity contribution is 9.10. The second-order valence-corrected chi connectivity index (χ2v) is 6.82. The van der Waals surface area contributed by atoms with E-state index < -0.39 is 0 Å². The van der Waals surface area contributed by atoms with E-state index in [1.165, 1.54) is 0 Å². The van der Waals surface area contributed by atoms with Gasteiger partial charge in [-0.1, -0.05) is 12.1 Å². The van der Waals surface area contributed by atoms with Crippen LogP contribution in [0.4, 0.5) is 5.69 Å². The quantitative estimate of drug-likeness (QED) is 0.666. The van der Waals surface area contributed by atoms with E-state index in [1.54, 1.807) is 13.2 Å². The van der Waals surface area contributed by atoms with Crippen LogP contribution in [-0.4, -0.2) is 22.8 Å². The standard InChI is InChI=1S/C20H20BrN3O2/c1-13-19(21)14(2)24(23-13)12-15-5-4-6-16(11-15)20(25)22-17-7-9-18(26-3)10-8-17/h4-11H,12H2,1-3H3,(H,22,25). The molecule has 0 spiro atoms. The molecule has 0 unspecified atom stereocenters. The highest BCUT2D eigenvalue weighted by Gasteiger charge is 2.11. The first kappa shape index (κ1) is 18.2. The highest BCUT2D eigenvalue weighted by atomic mass is 79.9. The number of anilines is 1. The van der Waals surface area contributed by atoms with Crippen molar-refractivity contribution >= 4 is 27.5 Å². The maximum Gasteiger partial charge on any atom is 0.255 e. The summed E-state index contributed by atoms with van der Waals surface area (Å²) in [4.78, 5) is 12.5. The molecule has 1 heterocycles. The van der Waals surface area contributed by atoms with Crippen molar-refractivity contribution in [2.24, 2.45) is 0 Å². The third kappa shape index (κ3) is 3.96. The third-order valence-corrected chi connectivity index (χ3v) is 5.31. The summed E-state index contributed by atoms with van der Waals surface area (Å²) in [5.74, 6) is 0.604. The van der Waals surface area contributed by atoms with Crippen LogP contribution in [0.25, 0.3) is 0 Å². The van der Waals surface area contributed by atoms with Gasteiger partial charge in [0.1, 0.15) is 5.75 Å². The van der Waals surface area contributed by atoms with Gasteiger partial charge in [0.25, 0.3) is 5.91 Å². The Bertz CT molecular complexity index is 933. The van der Waals surface area contributed by atoms with E-state index in [-0.39, 0.29) is 5.91 Å². The average Bonchev–Trinajstić information content (AvgIpc) is 2.89. The maximum atomic E-state index is 12.5. The summed E-state index contributed by atoms with van der Waals surface area (Å²) in [6, 6.07) is 14.8. The molecule has 3 rings (SSSR count). The third-order valence-electron chi connectivity index (χ3n) is 4.16. The van der Waals surface area contributed by atoms with Crippen molar-refractivity contribution in [3.05, 3.63) is 75.5 Å². The molecule has 0 saturated carbocycles. The Kier molecular flexibility index (Phi) is 5.42. The Balaban J connectivity index is 1.75. The molecule has 1 amide bonds. The number of halogens is 1. The number of aromatic nitrogens is 2. The second kappa shape index (κ2) is 7.74. The Hall–Kier alpha value is -2.60. The molecular weight excluding hydrogens is 394 g/mol. The van der Waals surface area contributed by atoms with Crippen LogP contribution in [0, 0.1) is 13.8 Å². The first-order valence-electron chi connectivity index (χ1n) is 8.22. The molecular formula is C20H20BrN3O2. The molecule has 0 aliphatic heterocycles. The zero-order valence-corrected chi connectivity index (χ0v) is 16.5. The normalized spacial score (nSPS) is 10.6. The van der Waals surface area contributed by atoms with Crippen molar-refractivity contribution in [1.82, 2.24) is 9.78 Å². The van der Waals surface area contributed by atoms with Crippen LogP contribution in [0.1, 0.15) is 27.3 Å². The Morgan fingerprint density at radius 3 is 2.54 bits per heavy atom. The summed E-state index contributed by atoms with van der Waals surface area (Å²) in [7, 11) is 1.61. The minimum atomic E-state index is -0.147. The minimum Gasteiger partial charge on any atom is -0.497 e. The molecule has 0 radical (unpaired) electrons. The summed E-state index contributed by atoms with van der Waals surface area (Å²) in [5.41, 5.74) is 4.37. The van der Waals surface area contributed by atoms with Crippen LogP contribution in [0.2, 0.25) is 0 Å². The van der Waals surface area contributed by atoms with E-state index in [4.69, 9.17) is 4.74 Å². The largest absolute Gasteiger partial charge is 0.497 e. The number of rotatable bonds is 5. The number of ether oxygens (including phenoxy) is 1. The number of hydrogen-bond donors (Lipinski definition) is 1. The predicted molar refractivity (Wildman–Crippen MR) is 106 cm³/mol. The second-order valence-electron chi connectivity index (χ2n) is 6.03. The Morgan fingerprint density at radius 1 is 1.19 bits per heavy atom. The van der Waals surface area contributed by atoms with Crippen molar-refractivity contribution in [1.29, 1.82) is 0 Å². The van der Waals surface area contributed by atoms with Gasteiger partial charge in [0.05, 0.1) is 29.5 Å². The van der Waals surface area contributed by atoms with Crippen LogP contribution in [0.3, 0.4) is 0 Å². The number of aryl methyl sites for hydroxylation is 1. The molecule has 6 heteroatoms. The van der Waals surface area contributed by atoms with Crippen LogP contribution < -0.4 is 10.1 Å². The molecule has 1 N–H and O–H groups in total. The van der Waals surface area contributed by atoms with Gasteiger partial charge >= 0.3 is 0 Å². The van der Waals surface area contributed by atoms with Gasteiger partial charge in [-0.15, -0.1) is 0 Å². The minimum absolute atomic E-state index is 0.147. The van der Waals surface area contributed by atoms with E-state index in [1.807, 2.05) is 61.0 Å². The maximum absolute atomic E-state index is 12.5. The SMILES string of the molecule is COc1ccc(NC(=O)c2cccc(Cn3nc(C)c(Br)c3C)c2)cc1. The number of carbonyl (C=O) groups is 1. The van der Waals surface area contributed by atoms with Crippen molar-refractivity contribution in [3.63, 3.8) is 0 Å². The summed E-state index contributed by atoms with van der Waals surface area (Å²) in [5, 5.41) is 7.42. The monoisotopic (exact) mass is 413 g/mol.